The Labute approximate surface area is 174 Å². The number of hydrogen-bond acceptors (Lipinski definition) is 7. The van der Waals surface area contributed by atoms with Crippen molar-refractivity contribution in [1.29, 1.82) is 0 Å². The minimum atomic E-state index is -1.89. The maximum Gasteiger partial charge on any atom is 0.251 e. The van der Waals surface area contributed by atoms with Gasteiger partial charge in [-0.3, -0.25) is 4.79 Å². The Hall–Kier alpha value is -2.49. The van der Waals surface area contributed by atoms with Crippen molar-refractivity contribution in [2.24, 2.45) is 0 Å². The molecule has 1 saturated heterocycles. The summed E-state index contributed by atoms with van der Waals surface area (Å²) in [6.07, 6.45) is -5.38. The van der Waals surface area contributed by atoms with E-state index in [0.717, 1.165) is 16.7 Å². The second kappa shape index (κ2) is 8.71. The van der Waals surface area contributed by atoms with E-state index in [1.807, 2.05) is 19.1 Å². The third kappa shape index (κ3) is 4.19. The standard InChI is InChI=1S/C22H27NO7/c1-12-9-14(13-5-4-6-15(10-13)20(27)23-3)7-8-16(12)29-21-22(2,28)19(26)18(25)17(11-24)30-21/h4-10,17-19,21,24-26,28H,11H2,1-3H3,(H,23,27)/t17?,18-,19?,21+,22+/m1/s1. The van der Waals surface area contributed by atoms with Crippen LogP contribution < -0.4 is 10.1 Å². The first-order valence-electron chi connectivity index (χ1n) is 9.63. The molecule has 8 heteroatoms. The van der Waals surface area contributed by atoms with E-state index in [1.54, 1.807) is 37.4 Å². The summed E-state index contributed by atoms with van der Waals surface area (Å²) >= 11 is 0. The Balaban J connectivity index is 1.85. The van der Waals surface area contributed by atoms with Gasteiger partial charge >= 0.3 is 0 Å². The van der Waals surface area contributed by atoms with Gasteiger partial charge in [-0.25, -0.2) is 0 Å². The van der Waals surface area contributed by atoms with E-state index in [1.165, 1.54) is 6.92 Å². The monoisotopic (exact) mass is 417 g/mol. The summed E-state index contributed by atoms with van der Waals surface area (Å²) in [6.45, 7) is 2.58. The van der Waals surface area contributed by atoms with Crippen LogP contribution in [0.5, 0.6) is 5.75 Å². The van der Waals surface area contributed by atoms with E-state index in [9.17, 15) is 25.2 Å². The van der Waals surface area contributed by atoms with Gasteiger partial charge in [0.1, 0.15) is 24.1 Å². The van der Waals surface area contributed by atoms with Crippen LogP contribution in [0.2, 0.25) is 0 Å². The van der Waals surface area contributed by atoms with Gasteiger partial charge in [0.15, 0.2) is 5.60 Å². The van der Waals surface area contributed by atoms with E-state index in [-0.39, 0.29) is 5.91 Å². The van der Waals surface area contributed by atoms with Gasteiger partial charge in [0.2, 0.25) is 6.29 Å². The van der Waals surface area contributed by atoms with Gasteiger partial charge in [-0.2, -0.15) is 0 Å². The summed E-state index contributed by atoms with van der Waals surface area (Å²) in [7, 11) is 1.57. The molecule has 1 amide bonds. The highest BCUT2D eigenvalue weighted by atomic mass is 16.7. The Morgan fingerprint density at radius 2 is 1.90 bits per heavy atom. The topological polar surface area (TPSA) is 128 Å². The van der Waals surface area contributed by atoms with Crippen LogP contribution in [0.1, 0.15) is 22.8 Å². The molecule has 0 saturated carbocycles. The Bertz CT molecular complexity index is 914. The van der Waals surface area contributed by atoms with Crippen LogP contribution in [0.4, 0.5) is 0 Å². The van der Waals surface area contributed by atoms with Crippen molar-refractivity contribution in [3.63, 3.8) is 0 Å². The molecule has 1 aliphatic rings. The van der Waals surface area contributed by atoms with Crippen LogP contribution in [0.15, 0.2) is 42.5 Å². The fraction of sp³-hybridized carbons (Fsp3) is 0.409. The number of rotatable bonds is 5. The number of carbonyl (C=O) groups is 1. The molecule has 3 rings (SSSR count). The molecule has 5 N–H and O–H groups in total. The number of carbonyl (C=O) groups excluding carboxylic acids is 1. The molecule has 0 bridgehead atoms. The summed E-state index contributed by atoms with van der Waals surface area (Å²) in [5.41, 5.74) is 1.11. The van der Waals surface area contributed by atoms with Gasteiger partial charge in [-0.15, -0.1) is 0 Å². The minimum absolute atomic E-state index is 0.176. The number of benzene rings is 2. The summed E-state index contributed by atoms with van der Waals surface area (Å²) in [5.74, 6) is 0.233. The average molecular weight is 417 g/mol. The lowest BCUT2D eigenvalue weighted by Crippen LogP contribution is -2.66. The smallest absolute Gasteiger partial charge is 0.251 e. The van der Waals surface area contributed by atoms with Crippen LogP contribution >= 0.6 is 0 Å². The molecule has 2 unspecified atom stereocenters. The molecule has 5 atom stereocenters. The molecule has 1 fully saturated rings. The maximum absolute atomic E-state index is 11.9. The van der Waals surface area contributed by atoms with Crippen molar-refractivity contribution in [2.45, 2.75) is 44.1 Å². The molecule has 2 aromatic carbocycles. The van der Waals surface area contributed by atoms with Crippen LogP contribution in [-0.2, 0) is 4.74 Å². The number of hydrogen-bond donors (Lipinski definition) is 5. The third-order valence-electron chi connectivity index (χ3n) is 5.35. The van der Waals surface area contributed by atoms with Crippen molar-refractivity contribution in [1.82, 2.24) is 5.32 Å². The van der Waals surface area contributed by atoms with Crippen molar-refractivity contribution in [3.05, 3.63) is 53.6 Å². The number of ether oxygens (including phenoxy) is 2. The van der Waals surface area contributed by atoms with Gasteiger partial charge in [0, 0.05) is 12.6 Å². The van der Waals surface area contributed by atoms with Crippen LogP contribution in [0.3, 0.4) is 0 Å². The second-order valence-electron chi connectivity index (χ2n) is 7.61. The quantitative estimate of drug-likeness (QED) is 0.482. The van der Waals surface area contributed by atoms with E-state index < -0.39 is 36.8 Å². The van der Waals surface area contributed by atoms with E-state index in [4.69, 9.17) is 9.47 Å². The Morgan fingerprint density at radius 1 is 1.20 bits per heavy atom. The zero-order chi connectivity index (χ0) is 22.1. The summed E-state index contributed by atoms with van der Waals surface area (Å²) < 4.78 is 11.3. The number of aryl methyl sites for hydroxylation is 1. The fourth-order valence-electron chi connectivity index (χ4n) is 3.42. The molecule has 0 aromatic heterocycles. The molecular formula is C22H27NO7. The summed E-state index contributed by atoms with van der Waals surface area (Å²) in [6, 6.07) is 12.6. The van der Waals surface area contributed by atoms with E-state index >= 15 is 0 Å². The molecule has 1 aliphatic heterocycles. The molecule has 8 nitrogen and oxygen atoms in total. The molecule has 30 heavy (non-hydrogen) atoms. The average Bonchev–Trinajstić information content (AvgIpc) is 2.75. The highest BCUT2D eigenvalue weighted by molar-refractivity contribution is 5.95. The van der Waals surface area contributed by atoms with Crippen molar-refractivity contribution < 1.29 is 34.7 Å². The van der Waals surface area contributed by atoms with E-state index in [0.29, 0.717) is 11.3 Å². The lowest BCUT2D eigenvalue weighted by molar-refractivity contribution is -0.314. The van der Waals surface area contributed by atoms with Crippen LogP contribution in [0, 0.1) is 6.92 Å². The zero-order valence-electron chi connectivity index (χ0n) is 17.1. The highest BCUT2D eigenvalue weighted by Gasteiger charge is 2.53. The minimum Gasteiger partial charge on any atom is -0.461 e. The zero-order valence-corrected chi connectivity index (χ0v) is 17.1. The number of aliphatic hydroxyl groups is 4. The number of amides is 1. The molecule has 0 spiro atoms. The first-order chi connectivity index (χ1) is 14.2. The van der Waals surface area contributed by atoms with E-state index in [2.05, 4.69) is 5.32 Å². The van der Waals surface area contributed by atoms with Crippen LogP contribution in [0.25, 0.3) is 11.1 Å². The lowest BCUT2D eigenvalue weighted by atomic mass is 9.88. The Kier molecular flexibility index (Phi) is 6.44. The maximum atomic E-state index is 11.9. The lowest BCUT2D eigenvalue weighted by Gasteiger charge is -2.45. The Morgan fingerprint density at radius 3 is 2.53 bits per heavy atom. The van der Waals surface area contributed by atoms with Gasteiger partial charge in [0.25, 0.3) is 5.91 Å². The van der Waals surface area contributed by atoms with Crippen molar-refractivity contribution in [2.75, 3.05) is 13.7 Å². The van der Waals surface area contributed by atoms with Gasteiger partial charge in [0.05, 0.1) is 6.61 Å². The molecule has 162 valence electrons. The highest BCUT2D eigenvalue weighted by Crippen LogP contribution is 2.34. The van der Waals surface area contributed by atoms with Gasteiger partial charge < -0.3 is 35.2 Å². The molecule has 2 aromatic rings. The normalized spacial score (nSPS) is 28.8. The first kappa shape index (κ1) is 22.2. The largest absolute Gasteiger partial charge is 0.461 e. The molecule has 0 radical (unpaired) electrons. The summed E-state index contributed by atoms with van der Waals surface area (Å²) in [5, 5.41) is 42.7. The van der Waals surface area contributed by atoms with Gasteiger partial charge in [-0.1, -0.05) is 18.2 Å². The van der Waals surface area contributed by atoms with Gasteiger partial charge in [-0.05, 0) is 54.8 Å². The third-order valence-corrected chi connectivity index (χ3v) is 5.35. The SMILES string of the molecule is CNC(=O)c1cccc(-c2ccc(O[C@H]3OC(CO)[C@@H](O)C(O)[C@]3(C)O)c(C)c2)c1. The first-order valence-corrected chi connectivity index (χ1v) is 9.63. The molecule has 1 heterocycles. The van der Waals surface area contributed by atoms with Crippen molar-refractivity contribution >= 4 is 5.91 Å². The predicted molar refractivity (Wildman–Crippen MR) is 109 cm³/mol. The fourth-order valence-corrected chi connectivity index (χ4v) is 3.42. The van der Waals surface area contributed by atoms with Crippen molar-refractivity contribution in [3.8, 4) is 16.9 Å². The number of aliphatic hydroxyl groups excluding tert-OH is 3. The second-order valence-corrected chi connectivity index (χ2v) is 7.61. The molecule has 0 aliphatic carbocycles. The molecular weight excluding hydrogens is 390 g/mol. The predicted octanol–water partition coefficient (Wildman–Crippen LogP) is 0.590. The number of nitrogens with one attached hydrogen (secondary N) is 1. The van der Waals surface area contributed by atoms with Crippen LogP contribution in [-0.4, -0.2) is 70.2 Å². The summed E-state index contributed by atoms with van der Waals surface area (Å²) in [4.78, 5) is 11.9.